The van der Waals surface area contributed by atoms with Crippen molar-refractivity contribution in [3.8, 4) is 0 Å². The molecule has 1 N–H and O–H groups in total. The van der Waals surface area contributed by atoms with Gasteiger partial charge in [0.25, 0.3) is 0 Å². The zero-order chi connectivity index (χ0) is 20.8. The SMILES string of the molecule is CC1(C)CCC(c2ccccc2)(N2CCC([N+]3([O-])CNc4ccccc43)CC2)CC1. The van der Waals surface area contributed by atoms with E-state index in [-0.39, 0.29) is 16.2 Å². The third-order valence-electron chi connectivity index (χ3n) is 8.22. The molecule has 30 heavy (non-hydrogen) atoms. The molecule has 1 atom stereocenters. The lowest BCUT2D eigenvalue weighted by Gasteiger charge is -2.54. The lowest BCUT2D eigenvalue weighted by molar-refractivity contribution is -0.0114. The number of benzene rings is 2. The van der Waals surface area contributed by atoms with E-state index in [1.54, 1.807) is 0 Å². The molecule has 4 heteroatoms. The molecule has 0 amide bonds. The minimum Gasteiger partial charge on any atom is -0.626 e. The minimum absolute atomic E-state index is 0.136. The van der Waals surface area contributed by atoms with Crippen LogP contribution in [0.1, 0.15) is 57.9 Å². The normalized spacial score (nSPS) is 28.6. The first-order valence-corrected chi connectivity index (χ1v) is 11.7. The van der Waals surface area contributed by atoms with E-state index in [1.165, 1.54) is 31.2 Å². The second-order valence-electron chi connectivity index (χ2n) is 10.4. The quantitative estimate of drug-likeness (QED) is 0.515. The smallest absolute Gasteiger partial charge is 0.158 e. The average molecular weight is 406 g/mol. The number of para-hydroxylation sites is 2. The molecule has 2 fully saturated rings. The summed E-state index contributed by atoms with van der Waals surface area (Å²) >= 11 is 0. The van der Waals surface area contributed by atoms with Gasteiger partial charge in [0.05, 0.1) is 6.04 Å². The zero-order valence-electron chi connectivity index (χ0n) is 18.4. The van der Waals surface area contributed by atoms with Gasteiger partial charge in [-0.3, -0.25) is 4.90 Å². The number of hydroxylamine groups is 2. The summed E-state index contributed by atoms with van der Waals surface area (Å²) in [5, 5.41) is 17.2. The fraction of sp³-hybridized carbons (Fsp3) is 0.538. The van der Waals surface area contributed by atoms with E-state index < -0.39 is 0 Å². The third kappa shape index (κ3) is 3.26. The Hall–Kier alpha value is -1.88. The van der Waals surface area contributed by atoms with Crippen LogP contribution < -0.4 is 9.96 Å². The van der Waals surface area contributed by atoms with Crippen LogP contribution in [-0.4, -0.2) is 30.7 Å². The Kier molecular flexibility index (Phi) is 4.92. The van der Waals surface area contributed by atoms with Gasteiger partial charge in [0.1, 0.15) is 5.69 Å². The Labute approximate surface area is 181 Å². The molecule has 2 aromatic rings. The number of rotatable bonds is 3. The Morgan fingerprint density at radius 2 is 1.53 bits per heavy atom. The van der Waals surface area contributed by atoms with Crippen molar-refractivity contribution in [3.63, 3.8) is 0 Å². The van der Waals surface area contributed by atoms with Crippen molar-refractivity contribution in [2.45, 2.75) is 64.0 Å². The Bertz CT molecular complexity index is 878. The second kappa shape index (κ2) is 7.37. The van der Waals surface area contributed by atoms with E-state index in [1.807, 2.05) is 24.3 Å². The van der Waals surface area contributed by atoms with Crippen LogP contribution >= 0.6 is 0 Å². The molecule has 0 aromatic heterocycles. The number of piperidine rings is 1. The van der Waals surface area contributed by atoms with Gasteiger partial charge in [0, 0.05) is 37.5 Å². The van der Waals surface area contributed by atoms with Gasteiger partial charge >= 0.3 is 0 Å². The summed E-state index contributed by atoms with van der Waals surface area (Å²) in [6, 6.07) is 19.4. The summed E-state index contributed by atoms with van der Waals surface area (Å²) in [6.07, 6.45) is 6.91. The van der Waals surface area contributed by atoms with Crippen LogP contribution in [0.2, 0.25) is 0 Å². The van der Waals surface area contributed by atoms with Crippen LogP contribution in [-0.2, 0) is 5.54 Å². The maximum atomic E-state index is 13.9. The average Bonchev–Trinajstić information content (AvgIpc) is 3.13. The van der Waals surface area contributed by atoms with Crippen molar-refractivity contribution in [1.29, 1.82) is 0 Å². The van der Waals surface area contributed by atoms with Crippen LogP contribution in [0.15, 0.2) is 54.6 Å². The van der Waals surface area contributed by atoms with Crippen molar-refractivity contribution in [1.82, 2.24) is 9.55 Å². The molecule has 0 bridgehead atoms. The van der Waals surface area contributed by atoms with E-state index in [0.717, 1.165) is 37.3 Å². The van der Waals surface area contributed by atoms with Crippen LogP contribution in [0.5, 0.6) is 0 Å². The monoisotopic (exact) mass is 405 g/mol. The second-order valence-corrected chi connectivity index (χ2v) is 10.4. The Morgan fingerprint density at radius 1 is 0.900 bits per heavy atom. The fourth-order valence-electron chi connectivity index (χ4n) is 6.15. The van der Waals surface area contributed by atoms with Gasteiger partial charge in [0.15, 0.2) is 12.4 Å². The molecule has 0 radical (unpaired) electrons. The number of nitrogens with zero attached hydrogens (tertiary/aromatic N) is 2. The first-order valence-electron chi connectivity index (χ1n) is 11.7. The molecule has 0 spiro atoms. The van der Waals surface area contributed by atoms with Crippen molar-refractivity contribution in [3.05, 3.63) is 65.4 Å². The van der Waals surface area contributed by atoms with Crippen molar-refractivity contribution < 1.29 is 0 Å². The number of quaternary nitrogens is 1. The van der Waals surface area contributed by atoms with Crippen LogP contribution in [0.3, 0.4) is 0 Å². The molecule has 4 nitrogen and oxygen atoms in total. The number of hydrogen-bond acceptors (Lipinski definition) is 3. The van der Waals surface area contributed by atoms with Crippen LogP contribution in [0, 0.1) is 10.6 Å². The molecule has 1 unspecified atom stereocenters. The topological polar surface area (TPSA) is 38.3 Å². The molecule has 160 valence electrons. The van der Waals surface area contributed by atoms with Gasteiger partial charge in [-0.1, -0.05) is 56.3 Å². The summed E-state index contributed by atoms with van der Waals surface area (Å²) < 4.78 is -0.199. The summed E-state index contributed by atoms with van der Waals surface area (Å²) in [5.74, 6) is 0. The maximum Gasteiger partial charge on any atom is 0.158 e. The first kappa shape index (κ1) is 20.0. The molecule has 3 aliphatic rings. The highest BCUT2D eigenvalue weighted by molar-refractivity contribution is 5.72. The van der Waals surface area contributed by atoms with E-state index in [4.69, 9.17) is 0 Å². The third-order valence-corrected chi connectivity index (χ3v) is 8.22. The van der Waals surface area contributed by atoms with Gasteiger partial charge in [-0.15, -0.1) is 0 Å². The molecule has 2 aromatic carbocycles. The minimum atomic E-state index is -0.199. The standard InChI is InChI=1S/C26H35N3O/c1-25(2)14-16-26(17-15-25,21-8-4-3-5-9-21)28-18-12-22(13-19-28)29(30)20-27-23-10-6-7-11-24(23)29/h3-11,22,27H,12-20H2,1-2H3. The van der Waals surface area contributed by atoms with E-state index in [0.29, 0.717) is 12.1 Å². The molecule has 2 aliphatic heterocycles. The van der Waals surface area contributed by atoms with Crippen LogP contribution in [0.4, 0.5) is 11.4 Å². The van der Waals surface area contributed by atoms with Crippen molar-refractivity contribution in [2.24, 2.45) is 5.41 Å². The molecular formula is C26H35N3O. The Balaban J connectivity index is 1.37. The summed E-state index contributed by atoms with van der Waals surface area (Å²) in [4.78, 5) is 2.73. The predicted molar refractivity (Wildman–Crippen MR) is 125 cm³/mol. The maximum absolute atomic E-state index is 13.9. The molecule has 5 rings (SSSR count). The fourth-order valence-corrected chi connectivity index (χ4v) is 6.15. The van der Waals surface area contributed by atoms with Crippen molar-refractivity contribution >= 4 is 11.4 Å². The highest BCUT2D eigenvalue weighted by Crippen LogP contribution is 2.50. The highest BCUT2D eigenvalue weighted by Gasteiger charge is 2.47. The van der Waals surface area contributed by atoms with Gasteiger partial charge in [-0.25, -0.2) is 0 Å². The van der Waals surface area contributed by atoms with Gasteiger partial charge in [-0.05, 0) is 42.7 Å². The number of anilines is 1. The molecule has 1 saturated carbocycles. The summed E-state index contributed by atoms with van der Waals surface area (Å²) in [5.41, 5.74) is 3.99. The lowest BCUT2D eigenvalue weighted by Crippen LogP contribution is -2.59. The first-order chi connectivity index (χ1) is 14.4. The van der Waals surface area contributed by atoms with E-state index in [2.05, 4.69) is 54.4 Å². The molecular weight excluding hydrogens is 370 g/mol. The molecule has 1 aliphatic carbocycles. The number of fused-ring (bicyclic) bond motifs is 1. The number of likely N-dealkylation sites (tertiary alicyclic amines) is 1. The van der Waals surface area contributed by atoms with Gasteiger partial charge < -0.3 is 15.2 Å². The Morgan fingerprint density at radius 3 is 2.23 bits per heavy atom. The summed E-state index contributed by atoms with van der Waals surface area (Å²) in [6.45, 7) is 7.34. The number of nitrogens with one attached hydrogen (secondary N) is 1. The van der Waals surface area contributed by atoms with Gasteiger partial charge in [0.2, 0.25) is 0 Å². The number of hydrogen-bond donors (Lipinski definition) is 1. The van der Waals surface area contributed by atoms with Gasteiger partial charge in [-0.2, -0.15) is 0 Å². The van der Waals surface area contributed by atoms with Crippen molar-refractivity contribution in [2.75, 3.05) is 25.1 Å². The predicted octanol–water partition coefficient (Wildman–Crippen LogP) is 5.83. The van der Waals surface area contributed by atoms with Crippen LogP contribution in [0.25, 0.3) is 0 Å². The summed E-state index contributed by atoms with van der Waals surface area (Å²) in [7, 11) is 0. The van der Waals surface area contributed by atoms with E-state index >= 15 is 0 Å². The highest BCUT2D eigenvalue weighted by atomic mass is 16.6. The largest absolute Gasteiger partial charge is 0.626 e. The zero-order valence-corrected chi connectivity index (χ0v) is 18.4. The molecule has 1 saturated heterocycles. The molecule has 2 heterocycles. The van der Waals surface area contributed by atoms with E-state index in [9.17, 15) is 5.21 Å². The lowest BCUT2D eigenvalue weighted by atomic mass is 9.66.